The van der Waals surface area contributed by atoms with Crippen molar-refractivity contribution in [2.75, 3.05) is 0 Å². The Morgan fingerprint density at radius 2 is 2.00 bits per heavy atom. The van der Waals surface area contributed by atoms with Crippen LogP contribution in [0.5, 0.6) is 0 Å². The Bertz CT molecular complexity index is 362. The number of oxime groups is 1. The zero-order valence-corrected chi connectivity index (χ0v) is 7.47. The molecule has 0 heterocycles. The van der Waals surface area contributed by atoms with Gasteiger partial charge in [0.15, 0.2) is 0 Å². The predicted molar refractivity (Wildman–Crippen MR) is 45.8 cm³/mol. The third kappa shape index (κ3) is 2.38. The van der Waals surface area contributed by atoms with Crippen molar-refractivity contribution < 1.29 is 18.4 Å². The van der Waals surface area contributed by atoms with E-state index in [0.717, 1.165) is 24.4 Å². The Labute approximate surface area is 82.6 Å². The molecule has 0 unspecified atom stereocenters. The number of halogens is 4. The summed E-state index contributed by atoms with van der Waals surface area (Å²) in [6.07, 6.45) is -3.58. The van der Waals surface area contributed by atoms with Crippen LogP contribution in [0.15, 0.2) is 23.4 Å². The van der Waals surface area contributed by atoms with Gasteiger partial charge in [0.1, 0.15) is 0 Å². The maximum atomic E-state index is 12.2. The first-order chi connectivity index (χ1) is 6.45. The lowest BCUT2D eigenvalue weighted by molar-refractivity contribution is -0.137. The summed E-state index contributed by atoms with van der Waals surface area (Å²) in [5.74, 6) is 0. The van der Waals surface area contributed by atoms with Gasteiger partial charge in [0, 0.05) is 10.6 Å². The molecule has 0 aliphatic heterocycles. The van der Waals surface area contributed by atoms with Gasteiger partial charge in [-0.05, 0) is 18.2 Å². The van der Waals surface area contributed by atoms with E-state index in [1.807, 2.05) is 0 Å². The van der Waals surface area contributed by atoms with Gasteiger partial charge >= 0.3 is 6.18 Å². The van der Waals surface area contributed by atoms with Crippen LogP contribution in [-0.4, -0.2) is 11.4 Å². The van der Waals surface area contributed by atoms with Crippen molar-refractivity contribution in [1.29, 1.82) is 0 Å². The van der Waals surface area contributed by atoms with Crippen molar-refractivity contribution in [3.05, 3.63) is 34.3 Å². The van der Waals surface area contributed by atoms with E-state index in [1.165, 1.54) is 0 Å². The molecule has 1 rings (SSSR count). The first-order valence-corrected chi connectivity index (χ1v) is 3.87. The molecule has 1 aromatic carbocycles. The standard InChI is InChI=1S/C8H5ClF3NO/c9-7-2-1-6(8(10,11)12)3-5(7)4-13-14/h1-4,14H. The Morgan fingerprint density at radius 3 is 2.50 bits per heavy atom. The molecule has 0 amide bonds. The highest BCUT2D eigenvalue weighted by molar-refractivity contribution is 6.33. The molecule has 14 heavy (non-hydrogen) atoms. The average molecular weight is 224 g/mol. The minimum Gasteiger partial charge on any atom is -0.411 e. The molecule has 6 heteroatoms. The normalized spacial score (nSPS) is 12.3. The van der Waals surface area contributed by atoms with Gasteiger partial charge in [-0.2, -0.15) is 13.2 Å². The summed E-state index contributed by atoms with van der Waals surface area (Å²) in [4.78, 5) is 0. The molecule has 0 aliphatic rings. The van der Waals surface area contributed by atoms with Crippen molar-refractivity contribution in [2.45, 2.75) is 6.18 Å². The molecule has 0 radical (unpaired) electrons. The summed E-state index contributed by atoms with van der Waals surface area (Å²) in [6, 6.07) is 2.76. The maximum Gasteiger partial charge on any atom is 0.416 e. The SMILES string of the molecule is ON=Cc1cc(C(F)(F)F)ccc1Cl. The van der Waals surface area contributed by atoms with Gasteiger partial charge in [-0.1, -0.05) is 16.8 Å². The lowest BCUT2D eigenvalue weighted by Crippen LogP contribution is -2.05. The molecule has 0 saturated carbocycles. The summed E-state index contributed by atoms with van der Waals surface area (Å²) in [6.45, 7) is 0. The molecule has 0 aromatic heterocycles. The van der Waals surface area contributed by atoms with Crippen LogP contribution in [0.4, 0.5) is 13.2 Å². The van der Waals surface area contributed by atoms with Gasteiger partial charge in [-0.3, -0.25) is 0 Å². The zero-order valence-electron chi connectivity index (χ0n) is 6.72. The highest BCUT2D eigenvalue weighted by atomic mass is 35.5. The second-order valence-electron chi connectivity index (χ2n) is 2.48. The minimum atomic E-state index is -4.43. The van der Waals surface area contributed by atoms with E-state index in [0.29, 0.717) is 0 Å². The van der Waals surface area contributed by atoms with E-state index in [2.05, 4.69) is 5.16 Å². The van der Waals surface area contributed by atoms with Crippen molar-refractivity contribution in [3.63, 3.8) is 0 Å². The largest absolute Gasteiger partial charge is 0.416 e. The highest BCUT2D eigenvalue weighted by Crippen LogP contribution is 2.31. The molecular formula is C8H5ClF3NO. The third-order valence-electron chi connectivity index (χ3n) is 1.52. The maximum absolute atomic E-state index is 12.2. The molecule has 1 N–H and O–H groups in total. The first kappa shape index (κ1) is 10.8. The summed E-state index contributed by atoms with van der Waals surface area (Å²) in [5, 5.41) is 10.9. The lowest BCUT2D eigenvalue weighted by Gasteiger charge is -2.07. The zero-order chi connectivity index (χ0) is 10.8. The lowest BCUT2D eigenvalue weighted by atomic mass is 10.1. The molecule has 0 fully saturated rings. The second-order valence-corrected chi connectivity index (χ2v) is 2.89. The van der Waals surface area contributed by atoms with E-state index in [-0.39, 0.29) is 10.6 Å². The van der Waals surface area contributed by atoms with E-state index in [9.17, 15) is 13.2 Å². The molecule has 1 aromatic rings. The van der Waals surface area contributed by atoms with E-state index in [4.69, 9.17) is 16.8 Å². The molecule has 0 bridgehead atoms. The first-order valence-electron chi connectivity index (χ1n) is 3.49. The van der Waals surface area contributed by atoms with Crippen LogP contribution in [0.2, 0.25) is 5.02 Å². The number of alkyl halides is 3. The van der Waals surface area contributed by atoms with Crippen molar-refractivity contribution in [3.8, 4) is 0 Å². The Kier molecular flexibility index (Phi) is 3.00. The van der Waals surface area contributed by atoms with Gasteiger partial charge < -0.3 is 5.21 Å². The van der Waals surface area contributed by atoms with Gasteiger partial charge in [0.25, 0.3) is 0 Å². The van der Waals surface area contributed by atoms with Crippen LogP contribution < -0.4 is 0 Å². The number of hydrogen-bond donors (Lipinski definition) is 1. The molecule has 0 aliphatic carbocycles. The Morgan fingerprint density at radius 1 is 1.36 bits per heavy atom. The van der Waals surface area contributed by atoms with Crippen molar-refractivity contribution in [2.24, 2.45) is 5.16 Å². The third-order valence-corrected chi connectivity index (χ3v) is 1.86. The molecule has 0 atom stereocenters. The highest BCUT2D eigenvalue weighted by Gasteiger charge is 2.30. The van der Waals surface area contributed by atoms with Gasteiger partial charge in [-0.15, -0.1) is 0 Å². The molecular weight excluding hydrogens is 219 g/mol. The summed E-state index contributed by atoms with van der Waals surface area (Å²) in [7, 11) is 0. The Balaban J connectivity index is 3.19. The Hall–Kier alpha value is -1.23. The molecule has 76 valence electrons. The summed E-state index contributed by atoms with van der Waals surface area (Å²) in [5.41, 5.74) is -0.819. The van der Waals surface area contributed by atoms with Crippen LogP contribution in [0.1, 0.15) is 11.1 Å². The number of benzene rings is 1. The van der Waals surface area contributed by atoms with E-state index in [1.54, 1.807) is 0 Å². The van der Waals surface area contributed by atoms with Crippen LogP contribution in [0.25, 0.3) is 0 Å². The van der Waals surface area contributed by atoms with E-state index >= 15 is 0 Å². The molecule has 0 saturated heterocycles. The topological polar surface area (TPSA) is 32.6 Å². The fraction of sp³-hybridized carbons (Fsp3) is 0.125. The van der Waals surface area contributed by atoms with Gasteiger partial charge in [-0.25, -0.2) is 0 Å². The van der Waals surface area contributed by atoms with Gasteiger partial charge in [0.2, 0.25) is 0 Å². The second kappa shape index (κ2) is 3.88. The average Bonchev–Trinajstić information content (AvgIpc) is 2.07. The number of rotatable bonds is 1. The number of nitrogens with zero attached hydrogens (tertiary/aromatic N) is 1. The van der Waals surface area contributed by atoms with E-state index < -0.39 is 11.7 Å². The molecule has 2 nitrogen and oxygen atoms in total. The van der Waals surface area contributed by atoms with Crippen molar-refractivity contribution >= 4 is 17.8 Å². The minimum absolute atomic E-state index is 0.0176. The summed E-state index contributed by atoms with van der Waals surface area (Å²) < 4.78 is 36.6. The molecule has 0 spiro atoms. The quantitative estimate of drug-likeness (QED) is 0.443. The van der Waals surface area contributed by atoms with Crippen molar-refractivity contribution in [1.82, 2.24) is 0 Å². The van der Waals surface area contributed by atoms with Crippen LogP contribution >= 0.6 is 11.6 Å². The fourth-order valence-corrected chi connectivity index (χ4v) is 1.05. The van der Waals surface area contributed by atoms with Crippen LogP contribution in [0.3, 0.4) is 0 Å². The monoisotopic (exact) mass is 223 g/mol. The van der Waals surface area contributed by atoms with Crippen LogP contribution in [-0.2, 0) is 6.18 Å². The van der Waals surface area contributed by atoms with Crippen LogP contribution in [0, 0.1) is 0 Å². The van der Waals surface area contributed by atoms with Gasteiger partial charge in [0.05, 0.1) is 11.8 Å². The number of hydrogen-bond acceptors (Lipinski definition) is 2. The fourth-order valence-electron chi connectivity index (χ4n) is 0.881. The predicted octanol–water partition coefficient (Wildman–Crippen LogP) is 3.17. The summed E-state index contributed by atoms with van der Waals surface area (Å²) >= 11 is 5.56. The smallest absolute Gasteiger partial charge is 0.411 e.